The lowest BCUT2D eigenvalue weighted by Gasteiger charge is -2.48. The summed E-state index contributed by atoms with van der Waals surface area (Å²) in [5.41, 5.74) is -1.69. The first-order chi connectivity index (χ1) is 20.9. The van der Waals surface area contributed by atoms with Gasteiger partial charge in [-0.05, 0) is 43.6 Å². The third-order valence-corrected chi connectivity index (χ3v) is 12.9. The molecule has 250 valence electrons. The summed E-state index contributed by atoms with van der Waals surface area (Å²) < 4.78 is 41.3. The minimum Gasteiger partial charge on any atom is -0.468 e. The molecule has 1 amide bonds. The topological polar surface area (TPSA) is 145 Å². The SMILES string of the molecule is COC(=O)C(C(=O)OCc1ccccc1)[C@]1(C(=O)OC)C=C[C@@H](NC(C)=O)[C@H]([C@H](O[Si](C)(C)C(C)(C)C)[C@H]2COC(C)(C)O2)O1. The number of hydrogen-bond acceptors (Lipinski definition) is 11. The Labute approximate surface area is 266 Å². The standard InChI is InChI=1S/C32H47NO11Si/c1-20(34)33-22-16-17-32(29(37)39-8,24(27(35)38-7)28(36)40-18-21-14-12-11-13-15-21)43-25(22)26(23-19-41-31(5,6)42-23)44-45(9,10)30(2,3)4/h11-17,22-26H,18-19H2,1-10H3,(H,33,34)/t22-,23-,24?,25-,26-,32+/m1/s1. The Morgan fingerprint density at radius 1 is 1.02 bits per heavy atom. The van der Waals surface area contributed by atoms with Gasteiger partial charge in [-0.1, -0.05) is 57.2 Å². The van der Waals surface area contributed by atoms with Crippen molar-refractivity contribution < 1.29 is 52.0 Å². The Morgan fingerprint density at radius 2 is 1.67 bits per heavy atom. The number of ether oxygens (including phenoxy) is 6. The van der Waals surface area contributed by atoms with E-state index in [9.17, 15) is 19.2 Å². The largest absolute Gasteiger partial charge is 0.468 e. The molecule has 0 aliphatic carbocycles. The highest BCUT2D eigenvalue weighted by molar-refractivity contribution is 6.74. The Bertz CT molecular complexity index is 1260. The van der Waals surface area contributed by atoms with Crippen LogP contribution in [0.2, 0.25) is 18.1 Å². The molecule has 13 heteroatoms. The van der Waals surface area contributed by atoms with Gasteiger partial charge < -0.3 is 38.2 Å². The minimum atomic E-state index is -2.60. The number of carbonyl (C=O) groups is 4. The van der Waals surface area contributed by atoms with Gasteiger partial charge in [-0.25, -0.2) is 4.79 Å². The molecule has 1 unspecified atom stereocenters. The van der Waals surface area contributed by atoms with Crippen LogP contribution in [0.1, 0.15) is 47.1 Å². The van der Waals surface area contributed by atoms with Crippen molar-refractivity contribution in [2.24, 2.45) is 5.92 Å². The maximum atomic E-state index is 13.7. The molecule has 1 aromatic rings. The molecule has 45 heavy (non-hydrogen) atoms. The monoisotopic (exact) mass is 649 g/mol. The molecule has 0 radical (unpaired) electrons. The quantitative estimate of drug-likeness (QED) is 0.124. The van der Waals surface area contributed by atoms with E-state index >= 15 is 0 Å². The van der Waals surface area contributed by atoms with Gasteiger partial charge in [-0.15, -0.1) is 0 Å². The normalized spacial score (nSPS) is 26.0. The molecule has 2 aliphatic heterocycles. The highest BCUT2D eigenvalue weighted by atomic mass is 28.4. The van der Waals surface area contributed by atoms with Crippen LogP contribution in [0.3, 0.4) is 0 Å². The highest BCUT2D eigenvalue weighted by Crippen LogP contribution is 2.42. The summed E-state index contributed by atoms with van der Waals surface area (Å²) in [7, 11) is -0.398. The van der Waals surface area contributed by atoms with Crippen molar-refractivity contribution in [2.45, 2.75) is 102 Å². The van der Waals surface area contributed by atoms with Gasteiger partial charge in [0.1, 0.15) is 24.9 Å². The fraction of sp³-hybridized carbons (Fsp3) is 0.625. The maximum Gasteiger partial charge on any atom is 0.343 e. The average molecular weight is 650 g/mol. The lowest BCUT2D eigenvalue weighted by molar-refractivity contribution is -0.213. The number of rotatable bonds is 11. The van der Waals surface area contributed by atoms with Crippen molar-refractivity contribution in [1.29, 1.82) is 0 Å². The predicted molar refractivity (Wildman–Crippen MR) is 165 cm³/mol. The summed E-state index contributed by atoms with van der Waals surface area (Å²) in [6.45, 7) is 15.1. The van der Waals surface area contributed by atoms with E-state index in [2.05, 4.69) is 26.1 Å². The number of carbonyl (C=O) groups excluding carboxylic acids is 4. The van der Waals surface area contributed by atoms with E-state index in [-0.39, 0.29) is 24.2 Å². The van der Waals surface area contributed by atoms with Gasteiger partial charge in [0.25, 0.3) is 0 Å². The first-order valence-electron chi connectivity index (χ1n) is 14.9. The van der Waals surface area contributed by atoms with Gasteiger partial charge in [0.05, 0.1) is 26.9 Å². The number of nitrogens with one attached hydrogen (secondary N) is 1. The molecule has 2 aliphatic rings. The number of hydrogen-bond donors (Lipinski definition) is 1. The zero-order valence-electron chi connectivity index (χ0n) is 27.8. The van der Waals surface area contributed by atoms with Crippen molar-refractivity contribution in [1.82, 2.24) is 5.32 Å². The zero-order chi connectivity index (χ0) is 33.8. The smallest absolute Gasteiger partial charge is 0.343 e. The van der Waals surface area contributed by atoms with Crippen LogP contribution < -0.4 is 5.32 Å². The molecular weight excluding hydrogens is 602 g/mol. The second-order valence-corrected chi connectivity index (χ2v) is 18.0. The van der Waals surface area contributed by atoms with Crippen LogP contribution in [-0.2, 0) is 58.6 Å². The van der Waals surface area contributed by atoms with Crippen LogP contribution >= 0.6 is 0 Å². The van der Waals surface area contributed by atoms with Crippen molar-refractivity contribution in [3.63, 3.8) is 0 Å². The molecule has 0 spiro atoms. The minimum absolute atomic E-state index is 0.118. The second-order valence-electron chi connectivity index (χ2n) is 13.2. The van der Waals surface area contributed by atoms with E-state index in [1.165, 1.54) is 19.1 Å². The second kappa shape index (κ2) is 14.1. The van der Waals surface area contributed by atoms with Crippen LogP contribution in [0, 0.1) is 5.92 Å². The molecule has 6 atom stereocenters. The van der Waals surface area contributed by atoms with Crippen molar-refractivity contribution in [2.75, 3.05) is 20.8 Å². The molecular formula is C32H47NO11Si. The highest BCUT2D eigenvalue weighted by Gasteiger charge is 2.61. The molecule has 1 N–H and O–H groups in total. The molecule has 1 fully saturated rings. The molecule has 0 saturated carbocycles. The lowest BCUT2D eigenvalue weighted by atomic mass is 9.82. The Morgan fingerprint density at radius 3 is 2.18 bits per heavy atom. The summed E-state index contributed by atoms with van der Waals surface area (Å²) in [6, 6.07) is 7.99. The van der Waals surface area contributed by atoms with Crippen molar-refractivity contribution >= 4 is 32.1 Å². The fourth-order valence-electron chi connectivity index (χ4n) is 5.01. The van der Waals surface area contributed by atoms with E-state index in [4.69, 9.17) is 32.8 Å². The third-order valence-electron chi connectivity index (χ3n) is 8.39. The van der Waals surface area contributed by atoms with E-state index < -0.39 is 67.9 Å². The first-order valence-corrected chi connectivity index (χ1v) is 17.8. The molecule has 1 aromatic carbocycles. The van der Waals surface area contributed by atoms with Crippen LogP contribution in [0.5, 0.6) is 0 Å². The predicted octanol–water partition coefficient (Wildman–Crippen LogP) is 3.43. The molecule has 0 bridgehead atoms. The van der Waals surface area contributed by atoms with E-state index in [0.29, 0.717) is 5.56 Å². The molecule has 0 aromatic heterocycles. The summed E-state index contributed by atoms with van der Waals surface area (Å²) in [5, 5.41) is 2.58. The third kappa shape index (κ3) is 8.39. The van der Waals surface area contributed by atoms with E-state index in [1.54, 1.807) is 38.1 Å². The summed E-state index contributed by atoms with van der Waals surface area (Å²) in [4.78, 5) is 53.1. The summed E-state index contributed by atoms with van der Waals surface area (Å²) in [6.07, 6.45) is -0.0732. The van der Waals surface area contributed by atoms with Crippen LogP contribution in [0.15, 0.2) is 42.5 Å². The molecule has 12 nitrogen and oxygen atoms in total. The number of amides is 1. The van der Waals surface area contributed by atoms with Gasteiger partial charge in [0.2, 0.25) is 11.5 Å². The van der Waals surface area contributed by atoms with Crippen molar-refractivity contribution in [3.8, 4) is 0 Å². The summed E-state index contributed by atoms with van der Waals surface area (Å²) >= 11 is 0. The number of esters is 3. The number of benzene rings is 1. The molecule has 2 heterocycles. The van der Waals surface area contributed by atoms with Crippen LogP contribution in [-0.4, -0.2) is 88.7 Å². The van der Waals surface area contributed by atoms with Crippen molar-refractivity contribution in [3.05, 3.63) is 48.0 Å². The average Bonchev–Trinajstić information content (AvgIpc) is 3.33. The van der Waals surface area contributed by atoms with Gasteiger partial charge >= 0.3 is 17.9 Å². The zero-order valence-corrected chi connectivity index (χ0v) is 28.8. The maximum absolute atomic E-state index is 13.7. The van der Waals surface area contributed by atoms with Gasteiger partial charge in [-0.3, -0.25) is 14.4 Å². The van der Waals surface area contributed by atoms with Gasteiger partial charge in [0, 0.05) is 6.92 Å². The van der Waals surface area contributed by atoms with E-state index in [1.807, 2.05) is 19.2 Å². The fourth-order valence-corrected chi connectivity index (χ4v) is 6.33. The lowest BCUT2D eigenvalue weighted by Crippen LogP contribution is -2.66. The Kier molecular flexibility index (Phi) is 11.4. The van der Waals surface area contributed by atoms with Crippen LogP contribution in [0.25, 0.3) is 0 Å². The molecule has 1 saturated heterocycles. The molecule has 3 rings (SSSR count). The first kappa shape index (κ1) is 36.4. The van der Waals surface area contributed by atoms with E-state index in [0.717, 1.165) is 14.2 Å². The Hall–Kier alpha value is -3.10. The Balaban J connectivity index is 2.17. The van der Waals surface area contributed by atoms with Gasteiger partial charge in [-0.2, -0.15) is 0 Å². The van der Waals surface area contributed by atoms with Gasteiger partial charge in [0.15, 0.2) is 20.0 Å². The number of methoxy groups -OCH3 is 2. The summed E-state index contributed by atoms with van der Waals surface area (Å²) in [5.74, 6) is -6.47. The van der Waals surface area contributed by atoms with Crippen LogP contribution in [0.4, 0.5) is 0 Å².